The van der Waals surface area contributed by atoms with Crippen LogP contribution < -0.4 is 0 Å². The molecule has 1 heterocycles. The number of hydrogen-bond acceptors (Lipinski definition) is 4. The Morgan fingerprint density at radius 3 is 2.13 bits per heavy atom. The first-order valence-electron chi connectivity index (χ1n) is 10.1. The smallest absolute Gasteiger partial charge is 0.195 e. The van der Waals surface area contributed by atoms with Crippen molar-refractivity contribution >= 4 is 9.84 Å². The molecular formula is C25H22FNO3S. The first-order chi connectivity index (χ1) is 15.0. The second kappa shape index (κ2) is 8.86. The van der Waals surface area contributed by atoms with Gasteiger partial charge >= 0.3 is 0 Å². The molecule has 0 aliphatic carbocycles. The zero-order valence-electron chi connectivity index (χ0n) is 17.1. The number of hydrogen-bond donors (Lipinski definition) is 0. The first-order valence-corrected chi connectivity index (χ1v) is 11.7. The van der Waals surface area contributed by atoms with E-state index in [1.54, 1.807) is 43.3 Å². The van der Waals surface area contributed by atoms with Gasteiger partial charge < -0.3 is 4.42 Å². The molecule has 1 aromatic heterocycles. The van der Waals surface area contributed by atoms with E-state index >= 15 is 0 Å². The topological polar surface area (TPSA) is 60.2 Å². The normalized spacial score (nSPS) is 11.5. The molecular weight excluding hydrogens is 413 g/mol. The largest absolute Gasteiger partial charge is 0.440 e. The minimum absolute atomic E-state index is 0.0408. The third-order valence-corrected chi connectivity index (χ3v) is 6.87. The summed E-state index contributed by atoms with van der Waals surface area (Å²) in [6, 6.07) is 22.7. The van der Waals surface area contributed by atoms with Crippen LogP contribution in [0.1, 0.15) is 18.4 Å². The van der Waals surface area contributed by atoms with E-state index in [0.717, 1.165) is 12.0 Å². The average molecular weight is 436 g/mol. The molecule has 6 heteroatoms. The van der Waals surface area contributed by atoms with Crippen molar-refractivity contribution in [3.05, 3.63) is 96.1 Å². The molecule has 4 rings (SSSR count). The maximum absolute atomic E-state index is 13.4. The molecule has 0 saturated carbocycles. The van der Waals surface area contributed by atoms with Crippen LogP contribution in [-0.4, -0.2) is 19.2 Å². The number of rotatable bonds is 7. The number of halogens is 1. The fourth-order valence-corrected chi connectivity index (χ4v) is 4.23. The van der Waals surface area contributed by atoms with Crippen LogP contribution in [-0.2, 0) is 22.7 Å². The van der Waals surface area contributed by atoms with Crippen molar-refractivity contribution in [3.63, 3.8) is 0 Å². The lowest BCUT2D eigenvalue weighted by molar-refractivity contribution is 0.505. The summed E-state index contributed by atoms with van der Waals surface area (Å²) in [6.07, 6.45) is 1.39. The second-order valence-corrected chi connectivity index (χ2v) is 9.48. The van der Waals surface area contributed by atoms with Crippen molar-refractivity contribution in [2.24, 2.45) is 0 Å². The maximum Gasteiger partial charge on any atom is 0.195 e. The fourth-order valence-electron chi connectivity index (χ4n) is 3.35. The SMILES string of the molecule is CCS(=O)(=O)c1ccc(-c2oc(CCc3ccccc3)nc2-c2ccc(F)cc2)cc1. The highest BCUT2D eigenvalue weighted by atomic mass is 32.2. The predicted octanol–water partition coefficient (Wildman–Crippen LogP) is 5.73. The second-order valence-electron chi connectivity index (χ2n) is 7.21. The molecule has 0 aliphatic rings. The van der Waals surface area contributed by atoms with E-state index in [1.807, 2.05) is 18.2 Å². The molecule has 0 saturated heterocycles. The number of benzene rings is 3. The van der Waals surface area contributed by atoms with Gasteiger partial charge in [0, 0.05) is 17.5 Å². The summed E-state index contributed by atoms with van der Waals surface area (Å²) in [5.74, 6) is 0.824. The van der Waals surface area contributed by atoms with Gasteiger partial charge in [0.05, 0.1) is 10.6 Å². The van der Waals surface area contributed by atoms with Gasteiger partial charge in [-0.3, -0.25) is 0 Å². The molecule has 0 fully saturated rings. The van der Waals surface area contributed by atoms with E-state index in [2.05, 4.69) is 17.1 Å². The molecule has 4 nitrogen and oxygen atoms in total. The summed E-state index contributed by atoms with van der Waals surface area (Å²) in [6.45, 7) is 1.62. The fraction of sp³-hybridized carbons (Fsp3) is 0.160. The summed E-state index contributed by atoms with van der Waals surface area (Å²) in [5.41, 5.74) is 3.23. The molecule has 0 aliphatic heterocycles. The maximum atomic E-state index is 13.4. The molecule has 0 unspecified atom stereocenters. The highest BCUT2D eigenvalue weighted by Crippen LogP contribution is 2.33. The van der Waals surface area contributed by atoms with Gasteiger partial charge in [-0.15, -0.1) is 0 Å². The molecule has 158 valence electrons. The lowest BCUT2D eigenvalue weighted by atomic mass is 10.1. The van der Waals surface area contributed by atoms with E-state index < -0.39 is 9.84 Å². The third kappa shape index (κ3) is 4.75. The van der Waals surface area contributed by atoms with Crippen LogP contribution in [0.5, 0.6) is 0 Å². The summed E-state index contributed by atoms with van der Waals surface area (Å²) in [5, 5.41) is 0. The van der Waals surface area contributed by atoms with E-state index in [-0.39, 0.29) is 16.5 Å². The van der Waals surface area contributed by atoms with Crippen molar-refractivity contribution in [2.75, 3.05) is 5.75 Å². The zero-order chi connectivity index (χ0) is 21.8. The van der Waals surface area contributed by atoms with Gasteiger partial charge in [-0.1, -0.05) is 37.3 Å². The van der Waals surface area contributed by atoms with Gasteiger partial charge in [0.1, 0.15) is 11.5 Å². The van der Waals surface area contributed by atoms with E-state index in [1.165, 1.54) is 17.7 Å². The quantitative estimate of drug-likeness (QED) is 0.372. The molecule has 3 aromatic carbocycles. The molecule has 0 N–H and O–H groups in total. The van der Waals surface area contributed by atoms with Gasteiger partial charge in [-0.25, -0.2) is 17.8 Å². The van der Waals surface area contributed by atoms with Crippen LogP contribution in [0.15, 0.2) is 88.2 Å². The van der Waals surface area contributed by atoms with Crippen LogP contribution >= 0.6 is 0 Å². The van der Waals surface area contributed by atoms with Crippen LogP contribution in [0, 0.1) is 5.82 Å². The Balaban J connectivity index is 1.71. The highest BCUT2D eigenvalue weighted by molar-refractivity contribution is 7.91. The standard InChI is InChI=1S/C25H22FNO3S/c1-2-31(28,29)22-15-11-20(12-16-22)25-24(19-9-13-21(26)14-10-19)27-23(30-25)17-8-18-6-4-3-5-7-18/h3-7,9-16H,2,8,17H2,1H3. The van der Waals surface area contributed by atoms with Gasteiger partial charge in [-0.05, 0) is 60.5 Å². The Morgan fingerprint density at radius 2 is 1.48 bits per heavy atom. The van der Waals surface area contributed by atoms with Crippen molar-refractivity contribution in [3.8, 4) is 22.6 Å². The first kappa shape index (κ1) is 21.0. The van der Waals surface area contributed by atoms with Crippen molar-refractivity contribution in [1.82, 2.24) is 4.98 Å². The summed E-state index contributed by atoms with van der Waals surface area (Å²) >= 11 is 0. The predicted molar refractivity (Wildman–Crippen MR) is 119 cm³/mol. The van der Waals surface area contributed by atoms with E-state index in [9.17, 15) is 12.8 Å². The molecule has 31 heavy (non-hydrogen) atoms. The monoisotopic (exact) mass is 435 g/mol. The van der Waals surface area contributed by atoms with Gasteiger partial charge in [0.25, 0.3) is 0 Å². The Bertz CT molecular complexity index is 1260. The van der Waals surface area contributed by atoms with Crippen LogP contribution in [0.25, 0.3) is 22.6 Å². The van der Waals surface area contributed by atoms with Gasteiger partial charge in [0.15, 0.2) is 21.5 Å². The molecule has 0 amide bonds. The Hall–Kier alpha value is -3.25. The Kier molecular flexibility index (Phi) is 6.00. The van der Waals surface area contributed by atoms with E-state index in [4.69, 9.17) is 4.42 Å². The molecule has 0 spiro atoms. The van der Waals surface area contributed by atoms with Crippen LogP contribution in [0.3, 0.4) is 0 Å². The molecule has 0 radical (unpaired) electrons. The Morgan fingerprint density at radius 1 is 0.839 bits per heavy atom. The van der Waals surface area contributed by atoms with Crippen LogP contribution in [0.4, 0.5) is 4.39 Å². The lowest BCUT2D eigenvalue weighted by Crippen LogP contribution is -2.03. The number of nitrogens with zero attached hydrogens (tertiary/aromatic N) is 1. The molecule has 4 aromatic rings. The highest BCUT2D eigenvalue weighted by Gasteiger charge is 2.18. The zero-order valence-corrected chi connectivity index (χ0v) is 17.9. The lowest BCUT2D eigenvalue weighted by Gasteiger charge is -2.04. The van der Waals surface area contributed by atoms with E-state index in [0.29, 0.717) is 29.3 Å². The van der Waals surface area contributed by atoms with Crippen molar-refractivity contribution in [2.45, 2.75) is 24.7 Å². The number of aromatic nitrogens is 1. The van der Waals surface area contributed by atoms with Crippen molar-refractivity contribution in [1.29, 1.82) is 0 Å². The summed E-state index contributed by atoms with van der Waals surface area (Å²) in [7, 11) is -3.29. The Labute approximate surface area is 181 Å². The minimum atomic E-state index is -3.29. The van der Waals surface area contributed by atoms with Gasteiger partial charge in [0.2, 0.25) is 0 Å². The number of oxazole rings is 1. The summed E-state index contributed by atoms with van der Waals surface area (Å²) < 4.78 is 43.8. The average Bonchev–Trinajstić information content (AvgIpc) is 3.23. The molecule has 0 atom stereocenters. The number of aryl methyl sites for hydroxylation is 2. The molecule has 0 bridgehead atoms. The summed E-state index contributed by atoms with van der Waals surface area (Å²) in [4.78, 5) is 4.95. The van der Waals surface area contributed by atoms with Crippen molar-refractivity contribution < 1.29 is 17.2 Å². The van der Waals surface area contributed by atoms with Crippen LogP contribution in [0.2, 0.25) is 0 Å². The van der Waals surface area contributed by atoms with Gasteiger partial charge in [-0.2, -0.15) is 0 Å². The third-order valence-electron chi connectivity index (χ3n) is 5.12. The minimum Gasteiger partial charge on any atom is -0.440 e. The number of sulfone groups is 1.